The Morgan fingerprint density at radius 2 is 1.85 bits per heavy atom. The molecule has 1 aliphatic rings. The molecule has 0 saturated heterocycles. The Balaban J connectivity index is 2.81. The van der Waals surface area contributed by atoms with E-state index in [9.17, 15) is 13.6 Å². The number of rotatable bonds is 2. The van der Waals surface area contributed by atoms with Gasteiger partial charge in [0.15, 0.2) is 0 Å². The summed E-state index contributed by atoms with van der Waals surface area (Å²) < 4.78 is 25.7. The van der Waals surface area contributed by atoms with Crippen LogP contribution in [0.1, 0.15) is 33.6 Å². The molecule has 0 radical (unpaired) electrons. The van der Waals surface area contributed by atoms with Gasteiger partial charge in [-0.1, -0.05) is 20.8 Å². The van der Waals surface area contributed by atoms with Gasteiger partial charge >= 0.3 is 5.97 Å². The van der Waals surface area contributed by atoms with Crippen LogP contribution in [0.4, 0.5) is 8.78 Å². The largest absolute Gasteiger partial charge is 0.481 e. The maximum atomic E-state index is 12.9. The quantitative estimate of drug-likeness (QED) is 0.729. The molecule has 0 amide bonds. The molecule has 0 aromatic carbocycles. The molecule has 0 bridgehead atoms. The summed E-state index contributed by atoms with van der Waals surface area (Å²) in [7, 11) is 0. The van der Waals surface area contributed by atoms with E-state index in [-0.39, 0.29) is 11.8 Å². The van der Waals surface area contributed by atoms with Gasteiger partial charge in [-0.15, -0.1) is 0 Å². The fourth-order valence-electron chi connectivity index (χ4n) is 1.74. The molecular formula is C9H14F2O2. The summed E-state index contributed by atoms with van der Waals surface area (Å²) in [6, 6.07) is 0. The number of aliphatic carboxylic acids is 1. The Kier molecular flexibility index (Phi) is 1.94. The van der Waals surface area contributed by atoms with Crippen molar-refractivity contribution in [3.05, 3.63) is 0 Å². The lowest BCUT2D eigenvalue weighted by molar-refractivity contribution is -0.149. The molecule has 2 nitrogen and oxygen atoms in total. The lowest BCUT2D eigenvalue weighted by atomic mass is 9.82. The summed E-state index contributed by atoms with van der Waals surface area (Å²) in [5.74, 6) is -4.38. The van der Waals surface area contributed by atoms with Crippen LogP contribution < -0.4 is 0 Å². The highest BCUT2D eigenvalue weighted by atomic mass is 19.3. The molecule has 0 spiro atoms. The highest BCUT2D eigenvalue weighted by Crippen LogP contribution is 2.65. The van der Waals surface area contributed by atoms with E-state index in [2.05, 4.69) is 0 Å². The van der Waals surface area contributed by atoms with E-state index in [1.807, 2.05) is 0 Å². The van der Waals surface area contributed by atoms with Crippen molar-refractivity contribution >= 4 is 5.97 Å². The normalized spacial score (nSPS) is 31.5. The van der Waals surface area contributed by atoms with Gasteiger partial charge in [-0.25, -0.2) is 8.78 Å². The smallest absolute Gasteiger partial charge is 0.316 e. The molecule has 13 heavy (non-hydrogen) atoms. The lowest BCUT2D eigenvalue weighted by Crippen LogP contribution is -2.27. The van der Waals surface area contributed by atoms with E-state index in [1.54, 1.807) is 20.8 Å². The van der Waals surface area contributed by atoms with Gasteiger partial charge < -0.3 is 5.11 Å². The van der Waals surface area contributed by atoms with Crippen LogP contribution in [0.5, 0.6) is 0 Å². The van der Waals surface area contributed by atoms with Crippen LogP contribution in [0.25, 0.3) is 0 Å². The Bertz CT molecular complexity index is 242. The van der Waals surface area contributed by atoms with E-state index in [0.717, 1.165) is 0 Å². The predicted octanol–water partition coefficient (Wildman–Crippen LogP) is 2.53. The number of alkyl halides is 2. The van der Waals surface area contributed by atoms with Crippen LogP contribution in [-0.4, -0.2) is 17.0 Å². The summed E-state index contributed by atoms with van der Waals surface area (Å²) in [5.41, 5.74) is -2.16. The van der Waals surface area contributed by atoms with E-state index in [0.29, 0.717) is 0 Å². The van der Waals surface area contributed by atoms with E-state index < -0.39 is 23.7 Å². The van der Waals surface area contributed by atoms with E-state index >= 15 is 0 Å². The van der Waals surface area contributed by atoms with Crippen LogP contribution in [0, 0.1) is 10.8 Å². The highest BCUT2D eigenvalue weighted by Gasteiger charge is 2.76. The average molecular weight is 192 g/mol. The summed E-state index contributed by atoms with van der Waals surface area (Å²) in [5, 5.41) is 8.72. The predicted molar refractivity (Wildman–Crippen MR) is 43.7 cm³/mol. The van der Waals surface area contributed by atoms with E-state index in [4.69, 9.17) is 5.11 Å². The van der Waals surface area contributed by atoms with Crippen molar-refractivity contribution < 1.29 is 18.7 Å². The van der Waals surface area contributed by atoms with Crippen LogP contribution in [0.3, 0.4) is 0 Å². The third kappa shape index (κ3) is 1.67. The zero-order valence-electron chi connectivity index (χ0n) is 8.03. The fraction of sp³-hybridized carbons (Fsp3) is 0.889. The lowest BCUT2D eigenvalue weighted by Gasteiger charge is -2.22. The molecule has 0 aromatic heterocycles. The van der Waals surface area contributed by atoms with Gasteiger partial charge in [0.2, 0.25) is 0 Å². The molecule has 0 aromatic rings. The highest BCUT2D eigenvalue weighted by molar-refractivity contribution is 5.80. The molecule has 76 valence electrons. The zero-order valence-corrected chi connectivity index (χ0v) is 8.03. The number of carboxylic acids is 1. The second-order valence-corrected chi connectivity index (χ2v) is 5.01. The standard InChI is InChI=1S/C9H14F2O2/c1-7(2,3)4-8(6(12)13)5-9(8,10)11/h4-5H2,1-3H3,(H,12,13). The molecule has 1 fully saturated rings. The van der Waals surface area contributed by atoms with Crippen LogP contribution in [0.2, 0.25) is 0 Å². The van der Waals surface area contributed by atoms with E-state index in [1.165, 1.54) is 0 Å². The molecule has 1 aliphatic carbocycles. The van der Waals surface area contributed by atoms with Crippen molar-refractivity contribution in [1.82, 2.24) is 0 Å². The maximum absolute atomic E-state index is 12.9. The second kappa shape index (κ2) is 2.42. The van der Waals surface area contributed by atoms with Crippen molar-refractivity contribution in [3.8, 4) is 0 Å². The first-order chi connectivity index (χ1) is 5.61. The Morgan fingerprint density at radius 3 is 1.92 bits per heavy atom. The van der Waals surface area contributed by atoms with Gasteiger partial charge in [0.05, 0.1) is 0 Å². The van der Waals surface area contributed by atoms with Crippen molar-refractivity contribution in [2.24, 2.45) is 10.8 Å². The second-order valence-electron chi connectivity index (χ2n) is 5.01. The van der Waals surface area contributed by atoms with Gasteiger partial charge in [-0.05, 0) is 11.8 Å². The SMILES string of the molecule is CC(C)(C)CC1(C(=O)O)CC1(F)F. The van der Waals surface area contributed by atoms with Gasteiger partial charge in [-0.3, -0.25) is 4.79 Å². The molecule has 1 saturated carbocycles. The first-order valence-electron chi connectivity index (χ1n) is 4.22. The Labute approximate surface area is 75.9 Å². The maximum Gasteiger partial charge on any atom is 0.316 e. The first kappa shape index (κ1) is 10.4. The molecule has 1 rings (SSSR count). The minimum absolute atomic E-state index is 0.0301. The Morgan fingerprint density at radius 1 is 1.46 bits per heavy atom. The van der Waals surface area contributed by atoms with Gasteiger partial charge in [0.1, 0.15) is 5.41 Å². The van der Waals surface area contributed by atoms with Crippen LogP contribution in [-0.2, 0) is 4.79 Å². The monoisotopic (exact) mass is 192 g/mol. The Hall–Kier alpha value is -0.670. The topological polar surface area (TPSA) is 37.3 Å². The summed E-state index contributed by atoms with van der Waals surface area (Å²) in [4.78, 5) is 10.7. The average Bonchev–Trinajstić information content (AvgIpc) is 2.30. The molecule has 0 heterocycles. The van der Waals surface area contributed by atoms with Crippen molar-refractivity contribution in [2.45, 2.75) is 39.5 Å². The number of carboxylic acid groups (broad SMARTS) is 1. The van der Waals surface area contributed by atoms with Crippen molar-refractivity contribution in [1.29, 1.82) is 0 Å². The molecule has 1 unspecified atom stereocenters. The molecule has 4 heteroatoms. The van der Waals surface area contributed by atoms with Gasteiger partial charge in [0.25, 0.3) is 5.92 Å². The van der Waals surface area contributed by atoms with Crippen LogP contribution in [0.15, 0.2) is 0 Å². The van der Waals surface area contributed by atoms with Gasteiger partial charge in [0, 0.05) is 6.42 Å². The van der Waals surface area contributed by atoms with Crippen LogP contribution >= 0.6 is 0 Å². The molecule has 0 aliphatic heterocycles. The van der Waals surface area contributed by atoms with Crippen molar-refractivity contribution in [3.63, 3.8) is 0 Å². The number of halogens is 2. The zero-order chi connectivity index (χ0) is 10.5. The number of hydrogen-bond donors (Lipinski definition) is 1. The third-order valence-electron chi connectivity index (χ3n) is 2.34. The van der Waals surface area contributed by atoms with Crippen molar-refractivity contribution in [2.75, 3.05) is 0 Å². The molecule has 1 atom stereocenters. The fourth-order valence-corrected chi connectivity index (χ4v) is 1.74. The number of hydrogen-bond acceptors (Lipinski definition) is 1. The molecular weight excluding hydrogens is 178 g/mol. The number of carbonyl (C=O) groups is 1. The van der Waals surface area contributed by atoms with Gasteiger partial charge in [-0.2, -0.15) is 0 Å². The minimum Gasteiger partial charge on any atom is -0.481 e. The summed E-state index contributed by atoms with van der Waals surface area (Å²) in [6.45, 7) is 5.31. The summed E-state index contributed by atoms with van der Waals surface area (Å²) >= 11 is 0. The molecule has 1 N–H and O–H groups in total. The third-order valence-corrected chi connectivity index (χ3v) is 2.34. The summed E-state index contributed by atoms with van der Waals surface area (Å²) in [6.07, 6.45) is -0.477. The minimum atomic E-state index is -3.01. The first-order valence-corrected chi connectivity index (χ1v) is 4.22.